The highest BCUT2D eigenvalue weighted by Crippen LogP contribution is 2.35. The van der Waals surface area contributed by atoms with Crippen LogP contribution in [0.5, 0.6) is 11.5 Å². The Morgan fingerprint density at radius 1 is 1.27 bits per heavy atom. The first-order valence-corrected chi connectivity index (χ1v) is 9.17. The van der Waals surface area contributed by atoms with Crippen LogP contribution in [0.3, 0.4) is 0 Å². The number of carbonyl (C=O) groups excluding carboxylic acids is 2. The molecule has 2 aliphatic heterocycles. The molecule has 0 spiro atoms. The number of thiophene rings is 1. The van der Waals surface area contributed by atoms with Crippen molar-refractivity contribution in [3.8, 4) is 11.5 Å². The van der Waals surface area contributed by atoms with Crippen molar-refractivity contribution in [1.29, 1.82) is 0 Å². The van der Waals surface area contributed by atoms with E-state index in [0.717, 1.165) is 10.4 Å². The molecule has 7 heteroatoms. The summed E-state index contributed by atoms with van der Waals surface area (Å²) in [6.07, 6.45) is 1.32. The summed E-state index contributed by atoms with van der Waals surface area (Å²) in [5.74, 6) is 0.866. The third-order valence-corrected chi connectivity index (χ3v) is 5.25. The Hall–Kier alpha value is -2.64. The lowest BCUT2D eigenvalue weighted by molar-refractivity contribution is 0.0416. The van der Waals surface area contributed by atoms with Crippen molar-refractivity contribution >= 4 is 29.3 Å². The number of morpholine rings is 1. The molecule has 1 aromatic carbocycles. The van der Waals surface area contributed by atoms with Crippen LogP contribution in [0.25, 0.3) is 6.08 Å². The summed E-state index contributed by atoms with van der Waals surface area (Å²) in [6.45, 7) is 4.01. The van der Waals surface area contributed by atoms with Gasteiger partial charge >= 0.3 is 6.09 Å². The Morgan fingerprint density at radius 2 is 2.08 bits per heavy atom. The number of hydrogen-bond donors (Lipinski definition) is 0. The first-order chi connectivity index (χ1) is 12.6. The highest BCUT2D eigenvalue weighted by Gasteiger charge is 2.28. The molecule has 0 N–H and O–H groups in total. The second-order valence-electron chi connectivity index (χ2n) is 6.03. The first-order valence-electron chi connectivity index (χ1n) is 8.29. The second-order valence-corrected chi connectivity index (χ2v) is 6.98. The Morgan fingerprint density at radius 3 is 2.81 bits per heavy atom. The molecular weight excluding hydrogens is 354 g/mol. The number of rotatable bonds is 2. The Bertz CT molecular complexity index is 895. The predicted octanol–water partition coefficient (Wildman–Crippen LogP) is 3.50. The van der Waals surface area contributed by atoms with Crippen LogP contribution in [0.4, 0.5) is 4.79 Å². The number of allylic oxidation sites excluding steroid dienone is 1. The van der Waals surface area contributed by atoms with Crippen molar-refractivity contribution in [3.63, 3.8) is 0 Å². The number of nitrogens with zero attached hydrogens (tertiary/aromatic N) is 1. The molecule has 26 heavy (non-hydrogen) atoms. The summed E-state index contributed by atoms with van der Waals surface area (Å²) in [5, 5.41) is 1.97. The highest BCUT2D eigenvalue weighted by atomic mass is 32.1. The third-order valence-electron chi connectivity index (χ3n) is 4.28. The van der Waals surface area contributed by atoms with Crippen molar-refractivity contribution < 1.29 is 23.8 Å². The molecule has 0 bridgehead atoms. The molecule has 2 aliphatic rings. The van der Waals surface area contributed by atoms with Crippen molar-refractivity contribution in [2.24, 2.45) is 0 Å². The summed E-state index contributed by atoms with van der Waals surface area (Å²) in [5.41, 5.74) is 1.56. The zero-order chi connectivity index (χ0) is 18.1. The van der Waals surface area contributed by atoms with Crippen LogP contribution in [-0.4, -0.2) is 43.1 Å². The molecule has 0 atom stereocenters. The van der Waals surface area contributed by atoms with Gasteiger partial charge in [-0.3, -0.25) is 4.79 Å². The molecule has 3 heterocycles. The van der Waals surface area contributed by atoms with E-state index in [1.54, 1.807) is 40.5 Å². The molecule has 0 unspecified atom stereocenters. The van der Waals surface area contributed by atoms with Crippen LogP contribution in [0.2, 0.25) is 0 Å². The fourth-order valence-electron chi connectivity index (χ4n) is 2.79. The van der Waals surface area contributed by atoms with Crippen molar-refractivity contribution in [1.82, 2.24) is 4.90 Å². The van der Waals surface area contributed by atoms with E-state index in [9.17, 15) is 9.59 Å². The fourth-order valence-corrected chi connectivity index (χ4v) is 3.64. The normalized spacial score (nSPS) is 18.0. The number of carbonyl (C=O) groups is 2. The van der Waals surface area contributed by atoms with Crippen LogP contribution >= 0.6 is 11.3 Å². The number of amides is 1. The quantitative estimate of drug-likeness (QED) is 0.756. The molecule has 0 saturated carbocycles. The number of Topliss-reactive ketones (excluding diaryl/α,β-unsaturated/α-hetero) is 1. The van der Waals surface area contributed by atoms with Gasteiger partial charge in [-0.25, -0.2) is 4.79 Å². The van der Waals surface area contributed by atoms with Gasteiger partial charge in [0, 0.05) is 30.1 Å². The van der Waals surface area contributed by atoms with Gasteiger partial charge in [0.15, 0.2) is 5.76 Å². The Labute approximate surface area is 154 Å². The van der Waals surface area contributed by atoms with E-state index < -0.39 is 6.09 Å². The number of benzene rings is 1. The van der Waals surface area contributed by atoms with E-state index in [0.29, 0.717) is 43.4 Å². The molecule has 1 aromatic heterocycles. The van der Waals surface area contributed by atoms with Crippen LogP contribution in [0.15, 0.2) is 35.4 Å². The molecule has 2 aromatic rings. The van der Waals surface area contributed by atoms with Gasteiger partial charge in [-0.15, -0.1) is 11.3 Å². The molecule has 1 saturated heterocycles. The lowest BCUT2D eigenvalue weighted by atomic mass is 10.1. The van der Waals surface area contributed by atoms with Gasteiger partial charge in [-0.2, -0.15) is 0 Å². The second kappa shape index (κ2) is 6.93. The van der Waals surface area contributed by atoms with Gasteiger partial charge < -0.3 is 19.1 Å². The monoisotopic (exact) mass is 371 g/mol. The number of fused-ring (bicyclic) bond motifs is 1. The molecule has 4 rings (SSSR count). The van der Waals surface area contributed by atoms with Crippen LogP contribution in [0.1, 0.15) is 20.8 Å². The van der Waals surface area contributed by atoms with E-state index in [2.05, 4.69) is 0 Å². The first kappa shape index (κ1) is 16.8. The maximum atomic E-state index is 12.5. The summed E-state index contributed by atoms with van der Waals surface area (Å²) in [7, 11) is 0. The summed E-state index contributed by atoms with van der Waals surface area (Å²) in [6, 6.07) is 6.81. The lowest BCUT2D eigenvalue weighted by Gasteiger charge is -2.25. The SMILES string of the molecule is Cc1ccsc1/C=C1\Oc2cc(OC(=O)N3CCOCC3)ccc2C1=O. The van der Waals surface area contributed by atoms with Crippen molar-refractivity contribution in [2.45, 2.75) is 6.92 Å². The van der Waals surface area contributed by atoms with Gasteiger partial charge in [0.25, 0.3) is 0 Å². The average molecular weight is 371 g/mol. The number of aryl methyl sites for hydroxylation is 1. The minimum atomic E-state index is -0.428. The zero-order valence-electron chi connectivity index (χ0n) is 14.2. The molecule has 0 aliphatic carbocycles. The van der Waals surface area contributed by atoms with E-state index in [-0.39, 0.29) is 11.5 Å². The minimum absolute atomic E-state index is 0.168. The van der Waals surface area contributed by atoms with E-state index in [4.69, 9.17) is 14.2 Å². The standard InChI is InChI=1S/C19H17NO5S/c1-12-4-9-26-17(12)11-16-18(21)14-3-2-13(10-15(14)25-16)24-19(22)20-5-7-23-8-6-20/h2-4,9-11H,5-8H2,1H3/b16-11-. The molecule has 134 valence electrons. The molecule has 1 amide bonds. The summed E-state index contributed by atoms with van der Waals surface area (Å²) >= 11 is 1.55. The lowest BCUT2D eigenvalue weighted by Crippen LogP contribution is -2.42. The van der Waals surface area contributed by atoms with Crippen LogP contribution < -0.4 is 9.47 Å². The minimum Gasteiger partial charge on any atom is -0.452 e. The van der Waals surface area contributed by atoms with Gasteiger partial charge in [-0.05, 0) is 36.1 Å². The van der Waals surface area contributed by atoms with E-state index >= 15 is 0 Å². The molecule has 1 fully saturated rings. The fraction of sp³-hybridized carbons (Fsp3) is 0.263. The maximum Gasteiger partial charge on any atom is 0.415 e. The largest absolute Gasteiger partial charge is 0.452 e. The van der Waals surface area contributed by atoms with Crippen molar-refractivity contribution in [2.75, 3.05) is 26.3 Å². The summed E-state index contributed by atoms with van der Waals surface area (Å²) in [4.78, 5) is 27.2. The smallest absolute Gasteiger partial charge is 0.415 e. The highest BCUT2D eigenvalue weighted by molar-refractivity contribution is 7.11. The maximum absolute atomic E-state index is 12.5. The molecule has 0 radical (unpaired) electrons. The number of hydrogen-bond acceptors (Lipinski definition) is 6. The topological polar surface area (TPSA) is 65.1 Å². The number of ether oxygens (including phenoxy) is 3. The van der Waals surface area contributed by atoms with Crippen LogP contribution in [0, 0.1) is 6.92 Å². The van der Waals surface area contributed by atoms with E-state index in [1.165, 1.54) is 0 Å². The predicted molar refractivity (Wildman–Crippen MR) is 96.8 cm³/mol. The molecular formula is C19H17NO5S. The average Bonchev–Trinajstić information content (AvgIpc) is 3.19. The zero-order valence-corrected chi connectivity index (χ0v) is 15.0. The Kier molecular flexibility index (Phi) is 4.48. The summed E-state index contributed by atoms with van der Waals surface area (Å²) < 4.78 is 16.3. The molecule has 6 nitrogen and oxygen atoms in total. The van der Waals surface area contributed by atoms with Crippen molar-refractivity contribution in [3.05, 3.63) is 51.4 Å². The van der Waals surface area contributed by atoms with E-state index in [1.807, 2.05) is 18.4 Å². The van der Waals surface area contributed by atoms with Gasteiger partial charge in [-0.1, -0.05) is 0 Å². The van der Waals surface area contributed by atoms with Crippen LogP contribution in [-0.2, 0) is 4.74 Å². The third kappa shape index (κ3) is 3.23. The number of ketones is 1. The Balaban J connectivity index is 1.51. The van der Waals surface area contributed by atoms with Gasteiger partial charge in [0.2, 0.25) is 5.78 Å². The van der Waals surface area contributed by atoms with Gasteiger partial charge in [0.05, 0.1) is 18.8 Å². The van der Waals surface area contributed by atoms with Gasteiger partial charge in [0.1, 0.15) is 11.5 Å².